The lowest BCUT2D eigenvalue weighted by molar-refractivity contribution is -0.00654. The first-order valence-corrected chi connectivity index (χ1v) is 22.7. The SMILES string of the molecule is COc1ccc(OC)c(NC(=S)N2CCC(C(O)(c3ccccc3)c3cccc(-c4cccc(C(O)(c5ccccc5)C5CCN(C(=S)Nc6ccc(Cl)cc6)CC5)c4)c3)CC2)c1. The van der Waals surface area contributed by atoms with Crippen molar-refractivity contribution in [3.05, 3.63) is 179 Å². The van der Waals surface area contributed by atoms with Crippen LogP contribution in [0, 0.1) is 11.8 Å². The van der Waals surface area contributed by atoms with E-state index < -0.39 is 11.2 Å². The van der Waals surface area contributed by atoms with Gasteiger partial charge in [0.25, 0.3) is 0 Å². The van der Waals surface area contributed by atoms with E-state index in [1.54, 1.807) is 14.2 Å². The van der Waals surface area contributed by atoms with Crippen molar-refractivity contribution in [2.45, 2.75) is 36.9 Å². The monoisotopic (exact) mass is 896 g/mol. The molecule has 63 heavy (non-hydrogen) atoms. The molecule has 2 aliphatic rings. The predicted octanol–water partition coefficient (Wildman–Crippen LogP) is 10.7. The second-order valence-corrected chi connectivity index (χ2v) is 17.6. The maximum atomic E-state index is 13.1. The molecule has 0 saturated carbocycles. The number of rotatable bonds is 11. The first-order chi connectivity index (χ1) is 30.6. The van der Waals surface area contributed by atoms with Crippen molar-refractivity contribution >= 4 is 57.6 Å². The zero-order valence-electron chi connectivity index (χ0n) is 35.5. The normalized spacial score (nSPS) is 16.7. The fraction of sp³-hybridized carbons (Fsp3) is 0.269. The Morgan fingerprint density at radius 1 is 0.556 bits per heavy atom. The first-order valence-electron chi connectivity index (χ1n) is 21.5. The van der Waals surface area contributed by atoms with Crippen molar-refractivity contribution < 1.29 is 19.7 Å². The van der Waals surface area contributed by atoms with Crippen molar-refractivity contribution in [1.29, 1.82) is 0 Å². The summed E-state index contributed by atoms with van der Waals surface area (Å²) in [5, 5.41) is 34.9. The van der Waals surface area contributed by atoms with E-state index in [1.165, 1.54) is 0 Å². The van der Waals surface area contributed by atoms with Gasteiger partial charge in [-0.05, 0) is 144 Å². The summed E-state index contributed by atoms with van der Waals surface area (Å²) in [5.74, 6) is 1.23. The average Bonchev–Trinajstić information content (AvgIpc) is 3.34. The van der Waals surface area contributed by atoms with Gasteiger partial charge in [-0.3, -0.25) is 0 Å². The zero-order valence-corrected chi connectivity index (χ0v) is 37.9. The summed E-state index contributed by atoms with van der Waals surface area (Å²) in [4.78, 5) is 4.33. The number of benzene rings is 6. The lowest BCUT2D eigenvalue weighted by Crippen LogP contribution is -2.47. The third-order valence-corrected chi connectivity index (χ3v) is 13.8. The van der Waals surface area contributed by atoms with E-state index in [0.29, 0.717) is 65.8 Å². The molecule has 324 valence electrons. The molecule has 2 fully saturated rings. The van der Waals surface area contributed by atoms with Crippen LogP contribution in [0.5, 0.6) is 11.5 Å². The molecule has 0 spiro atoms. The van der Waals surface area contributed by atoms with E-state index >= 15 is 0 Å². The predicted molar refractivity (Wildman–Crippen MR) is 263 cm³/mol. The number of hydrogen-bond donors (Lipinski definition) is 4. The summed E-state index contributed by atoms with van der Waals surface area (Å²) >= 11 is 17.8. The number of aliphatic hydroxyl groups is 2. The highest BCUT2D eigenvalue weighted by atomic mass is 35.5. The molecular formula is C52H53ClN4O4S2. The van der Waals surface area contributed by atoms with Gasteiger partial charge in [0.15, 0.2) is 10.2 Å². The average molecular weight is 898 g/mol. The minimum absolute atomic E-state index is 0.0641. The third kappa shape index (κ3) is 9.42. The number of methoxy groups -OCH3 is 2. The van der Waals surface area contributed by atoms with E-state index in [4.69, 9.17) is 45.5 Å². The van der Waals surface area contributed by atoms with Crippen LogP contribution in [0.1, 0.15) is 47.9 Å². The molecule has 2 unspecified atom stereocenters. The van der Waals surface area contributed by atoms with Crippen molar-refractivity contribution in [3.8, 4) is 22.6 Å². The van der Waals surface area contributed by atoms with E-state index in [2.05, 4.69) is 44.7 Å². The van der Waals surface area contributed by atoms with Gasteiger partial charge in [0, 0.05) is 43.0 Å². The molecule has 0 aliphatic carbocycles. The van der Waals surface area contributed by atoms with Crippen molar-refractivity contribution in [1.82, 2.24) is 9.80 Å². The van der Waals surface area contributed by atoms with Gasteiger partial charge >= 0.3 is 0 Å². The maximum Gasteiger partial charge on any atom is 0.173 e. The number of nitrogens with one attached hydrogen (secondary N) is 2. The topological polar surface area (TPSA) is 89.5 Å². The zero-order chi connectivity index (χ0) is 44.0. The molecule has 2 atom stereocenters. The van der Waals surface area contributed by atoms with Gasteiger partial charge in [0.2, 0.25) is 0 Å². The lowest BCUT2D eigenvalue weighted by atomic mass is 9.71. The highest BCUT2D eigenvalue weighted by Crippen LogP contribution is 2.45. The Labute approximate surface area is 386 Å². The van der Waals surface area contributed by atoms with Crippen LogP contribution in [-0.2, 0) is 11.2 Å². The lowest BCUT2D eigenvalue weighted by Gasteiger charge is -2.43. The van der Waals surface area contributed by atoms with Gasteiger partial charge in [-0.2, -0.15) is 0 Å². The Morgan fingerprint density at radius 3 is 1.48 bits per heavy atom. The molecule has 6 aromatic carbocycles. The molecule has 11 heteroatoms. The Balaban J connectivity index is 1.04. The quantitative estimate of drug-likeness (QED) is 0.0943. The summed E-state index contributed by atoms with van der Waals surface area (Å²) in [7, 11) is 3.27. The summed E-state index contributed by atoms with van der Waals surface area (Å²) < 4.78 is 11.0. The highest BCUT2D eigenvalue weighted by molar-refractivity contribution is 7.80. The van der Waals surface area contributed by atoms with Gasteiger partial charge in [-0.15, -0.1) is 0 Å². The molecule has 2 saturated heterocycles. The number of anilines is 2. The molecule has 0 radical (unpaired) electrons. The molecule has 8 nitrogen and oxygen atoms in total. The number of nitrogens with zero attached hydrogens (tertiary/aromatic N) is 2. The minimum Gasteiger partial charge on any atom is -0.497 e. The van der Waals surface area contributed by atoms with Crippen LogP contribution >= 0.6 is 36.0 Å². The second kappa shape index (κ2) is 19.5. The van der Waals surface area contributed by atoms with Crippen LogP contribution in [-0.4, -0.2) is 70.6 Å². The van der Waals surface area contributed by atoms with Crippen LogP contribution in [0.15, 0.2) is 152 Å². The molecule has 4 N–H and O–H groups in total. The Morgan fingerprint density at radius 2 is 1.02 bits per heavy atom. The van der Waals surface area contributed by atoms with Gasteiger partial charge in [0.05, 0.1) is 19.9 Å². The number of piperidine rings is 2. The second-order valence-electron chi connectivity index (χ2n) is 16.4. The molecule has 0 bridgehead atoms. The summed E-state index contributed by atoms with van der Waals surface area (Å²) in [6.45, 7) is 2.75. The fourth-order valence-corrected chi connectivity index (χ4v) is 10.1. The summed E-state index contributed by atoms with van der Waals surface area (Å²) in [5.41, 5.74) is 4.40. The van der Waals surface area contributed by atoms with Gasteiger partial charge in [-0.1, -0.05) is 109 Å². The molecule has 0 amide bonds. The molecule has 6 aromatic rings. The van der Waals surface area contributed by atoms with Crippen LogP contribution < -0.4 is 20.1 Å². The number of thiocarbonyl (C=S) groups is 2. The van der Waals surface area contributed by atoms with Crippen LogP contribution in [0.3, 0.4) is 0 Å². The van der Waals surface area contributed by atoms with Crippen LogP contribution in [0.2, 0.25) is 5.02 Å². The number of ether oxygens (including phenoxy) is 2. The van der Waals surface area contributed by atoms with Crippen LogP contribution in [0.4, 0.5) is 11.4 Å². The number of halogens is 1. The third-order valence-electron chi connectivity index (χ3n) is 12.9. The molecule has 8 rings (SSSR count). The smallest absolute Gasteiger partial charge is 0.173 e. The number of hydrogen-bond acceptors (Lipinski definition) is 6. The van der Waals surface area contributed by atoms with Gasteiger partial charge in [0.1, 0.15) is 22.7 Å². The largest absolute Gasteiger partial charge is 0.497 e. The Hall–Kier alpha value is -5.49. The summed E-state index contributed by atoms with van der Waals surface area (Å²) in [6, 6.07) is 49.7. The van der Waals surface area contributed by atoms with Crippen molar-refractivity contribution in [3.63, 3.8) is 0 Å². The minimum atomic E-state index is -1.27. The Bertz CT molecular complexity index is 2510. The first kappa shape index (κ1) is 44.1. The van der Waals surface area contributed by atoms with E-state index in [-0.39, 0.29) is 11.8 Å². The molecular weight excluding hydrogens is 844 g/mol. The van der Waals surface area contributed by atoms with Crippen molar-refractivity contribution in [2.75, 3.05) is 51.0 Å². The molecule has 2 heterocycles. The molecule has 0 aromatic heterocycles. The van der Waals surface area contributed by atoms with Crippen LogP contribution in [0.25, 0.3) is 11.1 Å². The van der Waals surface area contributed by atoms with E-state index in [0.717, 1.165) is 57.6 Å². The fourth-order valence-electron chi connectivity index (χ4n) is 9.37. The van der Waals surface area contributed by atoms with Gasteiger partial charge in [-0.25, -0.2) is 0 Å². The summed E-state index contributed by atoms with van der Waals surface area (Å²) in [6.07, 6.45) is 2.92. The van der Waals surface area contributed by atoms with E-state index in [9.17, 15) is 10.2 Å². The Kier molecular flexibility index (Phi) is 13.7. The molecule has 2 aliphatic heterocycles. The standard InChI is InChI=1S/C52H53ClN4O4S2/c1-60-46-23-24-48(61-2)47(35-46)55-50(63)57-31-27-41(28-32-57)52(59,39-15-7-4-8-16-39)43-18-10-12-37(34-43)36-11-9-17-42(33-36)51(58,38-13-5-3-6-14-38)40-25-29-56(30-26-40)49(62)54-45-21-19-44(53)20-22-45/h3-24,33-35,40-41,58-59H,25-32H2,1-2H3,(H,54,62)(H,55,63). The highest BCUT2D eigenvalue weighted by Gasteiger charge is 2.44. The van der Waals surface area contributed by atoms with Crippen molar-refractivity contribution in [2.24, 2.45) is 11.8 Å². The van der Waals surface area contributed by atoms with Gasteiger partial charge < -0.3 is 40.1 Å². The number of likely N-dealkylation sites (tertiary alicyclic amines) is 2. The van der Waals surface area contributed by atoms with E-state index in [1.807, 2.05) is 127 Å². The maximum absolute atomic E-state index is 13.1.